The Morgan fingerprint density at radius 3 is 2.76 bits per heavy atom. The molecule has 0 spiro atoms. The highest BCUT2D eigenvalue weighted by Gasteiger charge is 2.31. The molecule has 1 heterocycles. The first-order valence-corrected chi connectivity index (χ1v) is 11.6. The predicted molar refractivity (Wildman–Crippen MR) is 104 cm³/mol. The van der Waals surface area contributed by atoms with E-state index in [1.54, 1.807) is 18.7 Å². The molecule has 1 aromatic carbocycles. The summed E-state index contributed by atoms with van der Waals surface area (Å²) in [6.07, 6.45) is 1.49. The molecule has 1 amide bonds. The molecular formula is C17H25ClN2O3S2. The molecule has 5 nitrogen and oxygen atoms in total. The minimum Gasteiger partial charge on any atom is -0.355 e. The van der Waals surface area contributed by atoms with E-state index in [1.807, 2.05) is 24.3 Å². The van der Waals surface area contributed by atoms with E-state index in [4.69, 9.17) is 11.6 Å². The van der Waals surface area contributed by atoms with Crippen molar-refractivity contribution in [2.45, 2.75) is 25.5 Å². The summed E-state index contributed by atoms with van der Waals surface area (Å²) >= 11 is 7.60. The molecule has 0 aromatic heterocycles. The number of rotatable bonds is 8. The van der Waals surface area contributed by atoms with Gasteiger partial charge < -0.3 is 5.32 Å². The van der Waals surface area contributed by atoms with Gasteiger partial charge in [0.15, 0.2) is 0 Å². The molecule has 2 rings (SSSR count). The lowest BCUT2D eigenvalue weighted by Crippen LogP contribution is -2.46. The lowest BCUT2D eigenvalue weighted by atomic mass is 9.99. The van der Waals surface area contributed by atoms with Crippen molar-refractivity contribution in [3.8, 4) is 0 Å². The molecule has 1 atom stereocenters. The highest BCUT2D eigenvalue weighted by atomic mass is 35.5. The van der Waals surface area contributed by atoms with Gasteiger partial charge in [0.05, 0.1) is 11.7 Å². The fourth-order valence-electron chi connectivity index (χ4n) is 2.75. The number of halogens is 1. The summed E-state index contributed by atoms with van der Waals surface area (Å²) in [4.78, 5) is 12.3. The molecule has 8 heteroatoms. The van der Waals surface area contributed by atoms with E-state index in [2.05, 4.69) is 5.32 Å². The number of hydrogen-bond acceptors (Lipinski definition) is 4. The van der Waals surface area contributed by atoms with Crippen LogP contribution in [0.1, 0.15) is 25.3 Å². The van der Waals surface area contributed by atoms with Gasteiger partial charge in [0.2, 0.25) is 15.9 Å². The average molecular weight is 405 g/mol. The Bertz CT molecular complexity index is 665. The van der Waals surface area contributed by atoms with Crippen LogP contribution < -0.4 is 5.32 Å². The number of hydrogen-bond donors (Lipinski definition) is 1. The van der Waals surface area contributed by atoms with Crippen molar-refractivity contribution in [1.82, 2.24) is 9.62 Å². The summed E-state index contributed by atoms with van der Waals surface area (Å²) < 4.78 is 25.4. The number of sulfonamides is 1. The van der Waals surface area contributed by atoms with Crippen LogP contribution in [0.3, 0.4) is 0 Å². The molecule has 0 bridgehead atoms. The van der Waals surface area contributed by atoms with Gasteiger partial charge in [-0.2, -0.15) is 11.8 Å². The van der Waals surface area contributed by atoms with Gasteiger partial charge in [-0.3, -0.25) is 4.79 Å². The van der Waals surface area contributed by atoms with Crippen LogP contribution in [-0.4, -0.2) is 49.8 Å². The highest BCUT2D eigenvalue weighted by Crippen LogP contribution is 2.20. The van der Waals surface area contributed by atoms with Gasteiger partial charge >= 0.3 is 0 Å². The van der Waals surface area contributed by atoms with Gasteiger partial charge in [0, 0.05) is 36.2 Å². The zero-order valence-electron chi connectivity index (χ0n) is 14.4. The molecule has 0 unspecified atom stereocenters. The zero-order valence-corrected chi connectivity index (χ0v) is 16.8. The molecular weight excluding hydrogens is 380 g/mol. The minimum absolute atomic E-state index is 0.0388. The molecule has 140 valence electrons. The third-order valence-electron chi connectivity index (χ3n) is 4.24. The van der Waals surface area contributed by atoms with E-state index in [-0.39, 0.29) is 17.6 Å². The molecule has 0 aliphatic carbocycles. The van der Waals surface area contributed by atoms with E-state index in [1.165, 1.54) is 9.87 Å². The molecule has 1 aliphatic rings. The molecule has 1 aliphatic heterocycles. The Balaban J connectivity index is 1.68. The molecule has 1 N–H and O–H groups in total. The van der Waals surface area contributed by atoms with Gasteiger partial charge in [-0.05, 0) is 37.5 Å². The van der Waals surface area contributed by atoms with Crippen LogP contribution in [0.5, 0.6) is 0 Å². The molecule has 1 fully saturated rings. The van der Waals surface area contributed by atoms with Gasteiger partial charge in [0.1, 0.15) is 0 Å². The number of carbonyl (C=O) groups excluding carboxylic acids is 1. The van der Waals surface area contributed by atoms with Crippen LogP contribution in [0.4, 0.5) is 0 Å². The van der Waals surface area contributed by atoms with Crippen LogP contribution in [-0.2, 0) is 20.6 Å². The largest absolute Gasteiger partial charge is 0.355 e. The van der Waals surface area contributed by atoms with E-state index in [0.717, 1.165) is 29.4 Å². The van der Waals surface area contributed by atoms with Crippen LogP contribution in [0.25, 0.3) is 0 Å². The van der Waals surface area contributed by atoms with Crippen LogP contribution in [0, 0.1) is 5.92 Å². The summed E-state index contributed by atoms with van der Waals surface area (Å²) in [6.45, 7) is 3.06. The smallest absolute Gasteiger partial charge is 0.224 e. The Morgan fingerprint density at radius 1 is 1.36 bits per heavy atom. The number of carbonyl (C=O) groups is 1. The summed E-state index contributed by atoms with van der Waals surface area (Å²) in [5.74, 6) is 1.50. The Hall–Kier alpha value is -0.760. The molecule has 25 heavy (non-hydrogen) atoms. The monoisotopic (exact) mass is 404 g/mol. The van der Waals surface area contributed by atoms with Gasteiger partial charge in [0.25, 0.3) is 0 Å². The molecule has 1 saturated heterocycles. The maximum Gasteiger partial charge on any atom is 0.224 e. The second kappa shape index (κ2) is 9.80. The van der Waals surface area contributed by atoms with Gasteiger partial charge in [-0.15, -0.1) is 0 Å². The molecule has 0 saturated carbocycles. The molecule has 0 radical (unpaired) electrons. The Labute approximate surface area is 159 Å². The summed E-state index contributed by atoms with van der Waals surface area (Å²) in [5.41, 5.74) is 1.20. The third kappa shape index (κ3) is 6.47. The van der Waals surface area contributed by atoms with Crippen LogP contribution >= 0.6 is 23.4 Å². The summed E-state index contributed by atoms with van der Waals surface area (Å²) in [7, 11) is -3.21. The van der Waals surface area contributed by atoms with Crippen molar-refractivity contribution in [2.24, 2.45) is 5.92 Å². The number of benzene rings is 1. The predicted octanol–water partition coefficient (Wildman–Crippen LogP) is 2.75. The van der Waals surface area contributed by atoms with E-state index in [9.17, 15) is 13.2 Å². The zero-order chi connectivity index (χ0) is 18.3. The van der Waals surface area contributed by atoms with Crippen LogP contribution in [0.15, 0.2) is 24.3 Å². The number of thioether (sulfide) groups is 1. The number of piperidine rings is 1. The Morgan fingerprint density at radius 2 is 2.08 bits per heavy atom. The second-order valence-electron chi connectivity index (χ2n) is 6.07. The SMILES string of the molecule is CCS(=O)(=O)N1CCC[C@H](C(=O)NCCSCc2ccc(Cl)cc2)C1. The van der Waals surface area contributed by atoms with E-state index >= 15 is 0 Å². The second-order valence-corrected chi connectivity index (χ2v) is 9.87. The van der Waals surface area contributed by atoms with Crippen molar-refractivity contribution in [1.29, 1.82) is 0 Å². The summed E-state index contributed by atoms with van der Waals surface area (Å²) in [5, 5.41) is 3.66. The van der Waals surface area contributed by atoms with E-state index in [0.29, 0.717) is 19.6 Å². The molecule has 1 aromatic rings. The van der Waals surface area contributed by atoms with Gasteiger partial charge in [-0.25, -0.2) is 12.7 Å². The van der Waals surface area contributed by atoms with E-state index < -0.39 is 10.0 Å². The lowest BCUT2D eigenvalue weighted by Gasteiger charge is -2.30. The average Bonchev–Trinajstić information content (AvgIpc) is 2.63. The normalized spacial score (nSPS) is 18.9. The standard InChI is InChI=1S/C17H25ClN2O3S2/c1-2-25(22,23)20-10-3-4-15(12-20)17(21)19-9-11-24-13-14-5-7-16(18)8-6-14/h5-8,15H,2-4,9-13H2,1H3,(H,19,21)/t15-/m0/s1. The highest BCUT2D eigenvalue weighted by molar-refractivity contribution is 7.98. The number of nitrogens with one attached hydrogen (secondary N) is 1. The lowest BCUT2D eigenvalue weighted by molar-refractivity contribution is -0.125. The van der Waals surface area contributed by atoms with Crippen molar-refractivity contribution in [2.75, 3.05) is 31.1 Å². The summed E-state index contributed by atoms with van der Waals surface area (Å²) in [6, 6.07) is 7.74. The first kappa shape index (κ1) is 20.6. The quantitative estimate of drug-likeness (QED) is 0.676. The minimum atomic E-state index is -3.21. The number of amides is 1. The maximum absolute atomic E-state index is 12.3. The van der Waals surface area contributed by atoms with Crippen molar-refractivity contribution < 1.29 is 13.2 Å². The van der Waals surface area contributed by atoms with Gasteiger partial charge in [-0.1, -0.05) is 23.7 Å². The fourth-order valence-corrected chi connectivity index (χ4v) is 4.88. The Kier molecular flexibility index (Phi) is 8.06. The fraction of sp³-hybridized carbons (Fsp3) is 0.588. The van der Waals surface area contributed by atoms with Crippen molar-refractivity contribution in [3.63, 3.8) is 0 Å². The third-order valence-corrected chi connectivity index (χ3v) is 7.37. The maximum atomic E-state index is 12.3. The van der Waals surface area contributed by atoms with Crippen molar-refractivity contribution >= 4 is 39.3 Å². The van der Waals surface area contributed by atoms with Crippen LogP contribution in [0.2, 0.25) is 5.02 Å². The first-order chi connectivity index (χ1) is 11.9. The number of nitrogens with zero attached hydrogens (tertiary/aromatic N) is 1. The topological polar surface area (TPSA) is 66.5 Å². The first-order valence-electron chi connectivity index (χ1n) is 8.50. The van der Waals surface area contributed by atoms with Crippen molar-refractivity contribution in [3.05, 3.63) is 34.9 Å².